The van der Waals surface area contributed by atoms with Gasteiger partial charge in [-0.05, 0) is 56.5 Å². The molecule has 1 aliphatic rings. The summed E-state index contributed by atoms with van der Waals surface area (Å²) in [5.41, 5.74) is 6.16. The Balaban J connectivity index is 1.60. The van der Waals surface area contributed by atoms with E-state index in [1.165, 1.54) is 6.07 Å². The minimum Gasteiger partial charge on any atom is -0.534 e. The lowest BCUT2D eigenvalue weighted by Gasteiger charge is -2.29. The molecule has 36 heavy (non-hydrogen) atoms. The summed E-state index contributed by atoms with van der Waals surface area (Å²) < 4.78 is 21.1. The fourth-order valence-corrected chi connectivity index (χ4v) is 3.50. The third-order valence-corrected chi connectivity index (χ3v) is 5.33. The van der Waals surface area contributed by atoms with Crippen LogP contribution in [0.4, 0.5) is 0 Å². The summed E-state index contributed by atoms with van der Waals surface area (Å²) in [5, 5.41) is 13.3. The Labute approximate surface area is 210 Å². The molecule has 1 amide bonds. The summed E-state index contributed by atoms with van der Waals surface area (Å²) in [6.45, 7) is 5.27. The highest BCUT2D eigenvalue weighted by Crippen LogP contribution is 2.31. The van der Waals surface area contributed by atoms with Crippen molar-refractivity contribution in [2.24, 2.45) is 11.1 Å². The van der Waals surface area contributed by atoms with Crippen molar-refractivity contribution in [2.45, 2.75) is 39.6 Å². The summed E-state index contributed by atoms with van der Waals surface area (Å²) in [7, 11) is -1.38. The summed E-state index contributed by atoms with van der Waals surface area (Å²) in [6.07, 6.45) is 0.317. The Kier molecular flexibility index (Phi) is 8.95. The number of benzene rings is 2. The normalized spacial score (nSPS) is 14.8. The Morgan fingerprint density at radius 2 is 1.92 bits per heavy atom. The molecule has 0 spiro atoms. The van der Waals surface area contributed by atoms with Gasteiger partial charge in [-0.3, -0.25) is 9.59 Å². The highest BCUT2D eigenvalue weighted by atomic mass is 16.7. The first-order valence-corrected chi connectivity index (χ1v) is 11.6. The molecule has 0 radical (unpaired) electrons. The minimum atomic E-state index is -1.38. The van der Waals surface area contributed by atoms with Crippen LogP contribution in [-0.4, -0.2) is 55.9 Å². The fourth-order valence-electron chi connectivity index (χ4n) is 3.50. The maximum Gasteiger partial charge on any atom is 0.547 e. The maximum absolute atomic E-state index is 12.6. The number of nitrogens with two attached hydrogens (primary N) is 1. The minimum absolute atomic E-state index is 0.0789. The molecule has 0 saturated heterocycles. The van der Waals surface area contributed by atoms with Gasteiger partial charge in [0.05, 0.1) is 17.8 Å². The van der Waals surface area contributed by atoms with E-state index in [1.54, 1.807) is 57.2 Å². The van der Waals surface area contributed by atoms with Gasteiger partial charge < -0.3 is 34.9 Å². The van der Waals surface area contributed by atoms with Crippen LogP contribution in [0.3, 0.4) is 0 Å². The number of para-hydroxylation sites is 1. The van der Waals surface area contributed by atoms with Gasteiger partial charge in [-0.2, -0.15) is 0 Å². The number of rotatable bonds is 9. The summed E-state index contributed by atoms with van der Waals surface area (Å²) in [5.74, 6) is -1.52. The van der Waals surface area contributed by atoms with Crippen molar-refractivity contribution in [2.75, 3.05) is 19.9 Å². The van der Waals surface area contributed by atoms with E-state index < -0.39 is 37.2 Å². The first kappa shape index (κ1) is 27.0. The molecule has 1 heterocycles. The van der Waals surface area contributed by atoms with Crippen molar-refractivity contribution in [3.8, 4) is 11.5 Å². The zero-order valence-corrected chi connectivity index (χ0v) is 20.6. The van der Waals surface area contributed by atoms with Gasteiger partial charge in [0.2, 0.25) is 12.7 Å². The summed E-state index contributed by atoms with van der Waals surface area (Å²) in [6, 6.07) is 12.0. The van der Waals surface area contributed by atoms with E-state index in [0.717, 1.165) is 5.56 Å². The Hall–Kier alpha value is -3.57. The van der Waals surface area contributed by atoms with Gasteiger partial charge in [0.15, 0.2) is 0 Å². The molecule has 4 N–H and O–H groups in total. The molecule has 2 aromatic rings. The Bertz CT molecular complexity index is 1100. The van der Waals surface area contributed by atoms with Crippen LogP contribution in [0.5, 0.6) is 11.5 Å². The second-order valence-corrected chi connectivity index (χ2v) is 9.37. The quantitative estimate of drug-likeness (QED) is 0.265. The van der Waals surface area contributed by atoms with Crippen molar-refractivity contribution in [1.82, 2.24) is 5.32 Å². The van der Waals surface area contributed by atoms with Crippen LogP contribution in [0, 0.1) is 5.41 Å². The molecule has 0 aromatic heterocycles. The van der Waals surface area contributed by atoms with Crippen molar-refractivity contribution < 1.29 is 38.3 Å². The van der Waals surface area contributed by atoms with Gasteiger partial charge in [0.25, 0.3) is 0 Å². The molecule has 0 aliphatic carbocycles. The van der Waals surface area contributed by atoms with Gasteiger partial charge in [-0.1, -0.05) is 24.3 Å². The van der Waals surface area contributed by atoms with Gasteiger partial charge in [-0.15, -0.1) is 0 Å². The highest BCUT2D eigenvalue weighted by Gasteiger charge is 2.38. The van der Waals surface area contributed by atoms with Crippen LogP contribution >= 0.6 is 0 Å². The third-order valence-electron chi connectivity index (χ3n) is 5.33. The van der Waals surface area contributed by atoms with Crippen LogP contribution in [0.2, 0.25) is 0 Å². The lowest BCUT2D eigenvalue weighted by atomic mass is 9.72. The highest BCUT2D eigenvalue weighted by molar-refractivity contribution is 6.47. The number of amides is 1. The molecule has 11 heteroatoms. The molecule has 3 rings (SSSR count). The summed E-state index contributed by atoms with van der Waals surface area (Å²) >= 11 is 0. The predicted octanol–water partition coefficient (Wildman–Crippen LogP) is 1.41. The smallest absolute Gasteiger partial charge is 0.534 e. The topological polar surface area (TPSA) is 146 Å². The lowest BCUT2D eigenvalue weighted by Crippen LogP contribution is -2.53. The number of ether oxygens (including phenoxy) is 3. The van der Waals surface area contributed by atoms with E-state index in [4.69, 9.17) is 24.6 Å². The molecule has 1 aliphatic heterocycles. The Morgan fingerprint density at radius 1 is 1.17 bits per heavy atom. The number of hydrogen-bond acceptors (Lipinski definition) is 9. The number of esters is 2. The SMILES string of the molecule is CC(C)(C)C(=O)OCOC(=O)c1cccc2c1OB(O)[C@@H](NC(=O)Cc1cccc(OCCN)c1)C2. The first-order chi connectivity index (χ1) is 17.1. The van der Waals surface area contributed by atoms with Crippen molar-refractivity contribution in [3.05, 3.63) is 59.2 Å². The molecular formula is C25H31BN2O8. The summed E-state index contributed by atoms with van der Waals surface area (Å²) in [4.78, 5) is 37.0. The van der Waals surface area contributed by atoms with E-state index in [0.29, 0.717) is 24.5 Å². The van der Waals surface area contributed by atoms with Crippen molar-refractivity contribution >= 4 is 25.0 Å². The van der Waals surface area contributed by atoms with Crippen LogP contribution in [0.25, 0.3) is 0 Å². The van der Waals surface area contributed by atoms with Crippen LogP contribution < -0.4 is 20.4 Å². The zero-order chi connectivity index (χ0) is 26.3. The average Bonchev–Trinajstić information content (AvgIpc) is 2.82. The zero-order valence-electron chi connectivity index (χ0n) is 20.6. The largest absolute Gasteiger partial charge is 0.547 e. The number of nitrogens with one attached hydrogen (secondary N) is 1. The second-order valence-electron chi connectivity index (χ2n) is 9.37. The van der Waals surface area contributed by atoms with Crippen molar-refractivity contribution in [3.63, 3.8) is 0 Å². The van der Waals surface area contributed by atoms with Gasteiger partial charge in [-0.25, -0.2) is 4.79 Å². The Morgan fingerprint density at radius 3 is 2.64 bits per heavy atom. The molecule has 0 unspecified atom stereocenters. The van der Waals surface area contributed by atoms with Crippen LogP contribution in [-0.2, 0) is 31.9 Å². The molecule has 2 aromatic carbocycles. The lowest BCUT2D eigenvalue weighted by molar-refractivity contribution is -0.161. The van der Waals surface area contributed by atoms with E-state index in [-0.39, 0.29) is 30.1 Å². The fraction of sp³-hybridized carbons (Fsp3) is 0.400. The van der Waals surface area contributed by atoms with E-state index in [2.05, 4.69) is 5.32 Å². The van der Waals surface area contributed by atoms with E-state index in [9.17, 15) is 19.4 Å². The molecule has 0 fully saturated rings. The number of hydrogen-bond donors (Lipinski definition) is 3. The van der Waals surface area contributed by atoms with Gasteiger partial charge in [0.1, 0.15) is 23.7 Å². The third kappa shape index (κ3) is 7.22. The van der Waals surface area contributed by atoms with Gasteiger partial charge in [0, 0.05) is 6.54 Å². The molecule has 1 atom stereocenters. The van der Waals surface area contributed by atoms with E-state index in [1.807, 2.05) is 0 Å². The molecule has 0 saturated carbocycles. The predicted molar refractivity (Wildman–Crippen MR) is 131 cm³/mol. The van der Waals surface area contributed by atoms with E-state index >= 15 is 0 Å². The first-order valence-electron chi connectivity index (χ1n) is 11.6. The maximum atomic E-state index is 12.6. The van der Waals surface area contributed by atoms with Crippen LogP contribution in [0.15, 0.2) is 42.5 Å². The molecular weight excluding hydrogens is 467 g/mol. The number of fused-ring (bicyclic) bond motifs is 1. The standard InChI is InChI=1S/C25H31BN2O8/c1-25(2,3)24(31)35-15-34-23(30)19-9-5-7-17-14-20(26(32)36-22(17)19)28-21(29)13-16-6-4-8-18(12-16)33-11-10-27/h4-9,12,20,32H,10-11,13-15,27H2,1-3H3,(H,28,29)/t20-/m0/s1. The molecule has 192 valence electrons. The molecule has 0 bridgehead atoms. The van der Waals surface area contributed by atoms with Crippen LogP contribution in [0.1, 0.15) is 42.3 Å². The number of carbonyl (C=O) groups is 3. The monoisotopic (exact) mass is 498 g/mol. The number of carbonyl (C=O) groups excluding carboxylic acids is 3. The van der Waals surface area contributed by atoms with Crippen molar-refractivity contribution in [1.29, 1.82) is 0 Å². The van der Waals surface area contributed by atoms with Gasteiger partial charge >= 0.3 is 19.1 Å². The average molecular weight is 498 g/mol. The molecule has 10 nitrogen and oxygen atoms in total. The second kappa shape index (κ2) is 11.9.